The first-order valence-corrected chi connectivity index (χ1v) is 8.66. The van der Waals surface area contributed by atoms with Gasteiger partial charge in [0.15, 0.2) is 6.61 Å². The Hall–Kier alpha value is -2.63. The largest absolute Gasteiger partial charge is 0.452 e. The normalized spacial score (nSPS) is 10.8. The number of rotatable bonds is 7. The molecule has 0 bridgehead atoms. The Balaban J connectivity index is 1.81. The van der Waals surface area contributed by atoms with E-state index in [0.29, 0.717) is 18.5 Å². The molecule has 6 heteroatoms. The van der Waals surface area contributed by atoms with Crippen molar-refractivity contribution in [1.29, 1.82) is 0 Å². The number of amides is 1. The molecule has 2 rings (SSSR count). The molecule has 0 saturated heterocycles. The zero-order valence-corrected chi connectivity index (χ0v) is 15.6. The Bertz CT molecular complexity index is 779. The minimum atomic E-state index is -0.501. The van der Waals surface area contributed by atoms with Crippen molar-refractivity contribution in [2.24, 2.45) is 0 Å². The number of benzene rings is 1. The first-order chi connectivity index (χ1) is 12.3. The first kappa shape index (κ1) is 19.7. The Morgan fingerprint density at radius 1 is 1.19 bits per heavy atom. The quantitative estimate of drug-likeness (QED) is 0.771. The van der Waals surface area contributed by atoms with E-state index < -0.39 is 5.97 Å². The molecule has 0 radical (unpaired) electrons. The SMILES string of the molecule is Cc1cc(C(=O)OCC(=O)NCCc2ccc(F)cc2)c(C)n1C(C)C. The summed E-state index contributed by atoms with van der Waals surface area (Å²) in [6.07, 6.45) is 0.579. The molecular weight excluding hydrogens is 335 g/mol. The molecule has 0 unspecified atom stereocenters. The standard InChI is InChI=1S/C20H25FN2O3/c1-13(2)23-14(3)11-18(15(23)4)20(25)26-12-19(24)22-10-9-16-5-7-17(21)8-6-16/h5-8,11,13H,9-10,12H2,1-4H3,(H,22,24). The topological polar surface area (TPSA) is 60.3 Å². The van der Waals surface area contributed by atoms with Gasteiger partial charge in [-0.25, -0.2) is 9.18 Å². The zero-order valence-electron chi connectivity index (χ0n) is 15.6. The lowest BCUT2D eigenvalue weighted by Crippen LogP contribution is -2.30. The van der Waals surface area contributed by atoms with Gasteiger partial charge in [0.05, 0.1) is 5.56 Å². The first-order valence-electron chi connectivity index (χ1n) is 8.66. The Morgan fingerprint density at radius 2 is 1.85 bits per heavy atom. The molecule has 1 N–H and O–H groups in total. The molecule has 2 aromatic rings. The number of hydrogen-bond acceptors (Lipinski definition) is 3. The number of carbonyl (C=O) groups excluding carboxylic acids is 2. The van der Waals surface area contributed by atoms with E-state index in [0.717, 1.165) is 17.0 Å². The number of carbonyl (C=O) groups is 2. The second kappa shape index (κ2) is 8.65. The third-order valence-electron chi connectivity index (χ3n) is 4.20. The maximum atomic E-state index is 12.8. The van der Waals surface area contributed by atoms with Crippen LogP contribution in [0.15, 0.2) is 30.3 Å². The van der Waals surface area contributed by atoms with E-state index in [4.69, 9.17) is 4.74 Å². The lowest BCUT2D eigenvalue weighted by Gasteiger charge is -2.13. The summed E-state index contributed by atoms with van der Waals surface area (Å²) in [6, 6.07) is 8.13. The van der Waals surface area contributed by atoms with Gasteiger partial charge in [-0.3, -0.25) is 4.79 Å². The Kier molecular flexibility index (Phi) is 6.55. The predicted octanol–water partition coefficient (Wildman–Crippen LogP) is 3.34. The lowest BCUT2D eigenvalue weighted by molar-refractivity contribution is -0.124. The summed E-state index contributed by atoms with van der Waals surface area (Å²) in [5.41, 5.74) is 3.22. The van der Waals surface area contributed by atoms with Crippen LogP contribution in [0, 0.1) is 19.7 Å². The number of nitrogens with zero attached hydrogens (tertiary/aromatic N) is 1. The highest BCUT2D eigenvalue weighted by Gasteiger charge is 2.19. The van der Waals surface area contributed by atoms with Gasteiger partial charge in [-0.05, 0) is 57.9 Å². The molecule has 0 aliphatic rings. The Labute approximate surface area is 153 Å². The van der Waals surface area contributed by atoms with Gasteiger partial charge in [0.25, 0.3) is 5.91 Å². The molecule has 0 aliphatic carbocycles. The third-order valence-corrected chi connectivity index (χ3v) is 4.20. The number of aryl methyl sites for hydroxylation is 1. The monoisotopic (exact) mass is 360 g/mol. The van der Waals surface area contributed by atoms with E-state index in [9.17, 15) is 14.0 Å². The third kappa shape index (κ3) is 4.94. The molecule has 1 aromatic heterocycles. The van der Waals surface area contributed by atoms with Crippen molar-refractivity contribution in [2.45, 2.75) is 40.2 Å². The van der Waals surface area contributed by atoms with Crippen LogP contribution < -0.4 is 5.32 Å². The summed E-state index contributed by atoms with van der Waals surface area (Å²) in [5, 5.41) is 2.69. The minimum Gasteiger partial charge on any atom is -0.452 e. The van der Waals surface area contributed by atoms with Crippen LogP contribution >= 0.6 is 0 Å². The van der Waals surface area contributed by atoms with E-state index in [1.54, 1.807) is 18.2 Å². The summed E-state index contributed by atoms with van der Waals surface area (Å²) < 4.78 is 20.0. The summed E-state index contributed by atoms with van der Waals surface area (Å²) in [7, 11) is 0. The minimum absolute atomic E-state index is 0.242. The number of hydrogen-bond donors (Lipinski definition) is 1. The summed E-state index contributed by atoms with van der Waals surface area (Å²) in [6.45, 7) is 7.96. The zero-order chi connectivity index (χ0) is 19.3. The van der Waals surface area contributed by atoms with Crippen molar-refractivity contribution in [3.05, 3.63) is 58.7 Å². The highest BCUT2D eigenvalue weighted by Crippen LogP contribution is 2.20. The molecule has 0 spiro atoms. The molecule has 140 valence electrons. The number of halogens is 1. The maximum Gasteiger partial charge on any atom is 0.340 e. The van der Waals surface area contributed by atoms with Crippen molar-refractivity contribution in [2.75, 3.05) is 13.2 Å². The van der Waals surface area contributed by atoms with Crippen molar-refractivity contribution in [1.82, 2.24) is 9.88 Å². The van der Waals surface area contributed by atoms with Crippen molar-refractivity contribution >= 4 is 11.9 Å². The second-order valence-corrected chi connectivity index (χ2v) is 6.55. The van der Waals surface area contributed by atoms with Crippen LogP contribution in [0.3, 0.4) is 0 Å². The van der Waals surface area contributed by atoms with E-state index in [1.807, 2.05) is 27.7 Å². The van der Waals surface area contributed by atoms with Crippen LogP contribution in [0.5, 0.6) is 0 Å². The highest BCUT2D eigenvalue weighted by molar-refractivity contribution is 5.92. The second-order valence-electron chi connectivity index (χ2n) is 6.55. The molecule has 26 heavy (non-hydrogen) atoms. The summed E-state index contributed by atoms with van der Waals surface area (Å²) in [4.78, 5) is 24.1. The molecule has 1 aromatic carbocycles. The smallest absolute Gasteiger partial charge is 0.340 e. The molecule has 1 heterocycles. The van der Waals surface area contributed by atoms with E-state index in [2.05, 4.69) is 9.88 Å². The number of ether oxygens (including phenoxy) is 1. The number of nitrogens with one attached hydrogen (secondary N) is 1. The molecule has 0 aliphatic heterocycles. The fourth-order valence-electron chi connectivity index (χ4n) is 3.04. The summed E-state index contributed by atoms with van der Waals surface area (Å²) in [5.74, 6) is -1.15. The average molecular weight is 360 g/mol. The van der Waals surface area contributed by atoms with Gasteiger partial charge in [0, 0.05) is 24.0 Å². The number of aromatic nitrogens is 1. The molecule has 1 amide bonds. The molecule has 0 saturated carbocycles. The van der Waals surface area contributed by atoms with Crippen LogP contribution in [0.25, 0.3) is 0 Å². The van der Waals surface area contributed by atoms with Gasteiger partial charge in [-0.2, -0.15) is 0 Å². The van der Waals surface area contributed by atoms with Gasteiger partial charge in [0.1, 0.15) is 5.82 Å². The van der Waals surface area contributed by atoms with Gasteiger partial charge in [0.2, 0.25) is 0 Å². The van der Waals surface area contributed by atoms with Gasteiger partial charge in [-0.1, -0.05) is 12.1 Å². The van der Waals surface area contributed by atoms with E-state index in [1.165, 1.54) is 12.1 Å². The van der Waals surface area contributed by atoms with E-state index in [-0.39, 0.29) is 24.4 Å². The van der Waals surface area contributed by atoms with Gasteiger partial charge in [-0.15, -0.1) is 0 Å². The van der Waals surface area contributed by atoms with Crippen LogP contribution in [0.1, 0.15) is 47.2 Å². The molecular formula is C20H25FN2O3. The molecule has 0 fully saturated rings. The van der Waals surface area contributed by atoms with Crippen LogP contribution in [-0.4, -0.2) is 29.6 Å². The van der Waals surface area contributed by atoms with Crippen molar-refractivity contribution in [3.63, 3.8) is 0 Å². The molecule has 0 atom stereocenters. The van der Waals surface area contributed by atoms with Gasteiger partial charge < -0.3 is 14.6 Å². The Morgan fingerprint density at radius 3 is 2.42 bits per heavy atom. The summed E-state index contributed by atoms with van der Waals surface area (Å²) >= 11 is 0. The van der Waals surface area contributed by atoms with Crippen molar-refractivity contribution in [3.8, 4) is 0 Å². The maximum absolute atomic E-state index is 12.8. The lowest BCUT2D eigenvalue weighted by atomic mass is 10.1. The fraction of sp³-hybridized carbons (Fsp3) is 0.400. The van der Waals surface area contributed by atoms with E-state index >= 15 is 0 Å². The fourth-order valence-corrected chi connectivity index (χ4v) is 3.04. The van der Waals surface area contributed by atoms with Gasteiger partial charge >= 0.3 is 5.97 Å². The highest BCUT2D eigenvalue weighted by atomic mass is 19.1. The number of esters is 1. The average Bonchev–Trinajstić information content (AvgIpc) is 2.89. The van der Waals surface area contributed by atoms with Crippen molar-refractivity contribution < 1.29 is 18.7 Å². The van der Waals surface area contributed by atoms with Crippen LogP contribution in [-0.2, 0) is 16.0 Å². The van der Waals surface area contributed by atoms with Crippen LogP contribution in [0.2, 0.25) is 0 Å². The molecule has 5 nitrogen and oxygen atoms in total. The van der Waals surface area contributed by atoms with Crippen LogP contribution in [0.4, 0.5) is 4.39 Å². The predicted molar refractivity (Wildman–Crippen MR) is 97.7 cm³/mol.